The monoisotopic (exact) mass is 311 g/mol. The number of carbonyl (C=O) groups is 1. The fourth-order valence-electron chi connectivity index (χ4n) is 2.73. The van der Waals surface area contributed by atoms with Crippen LogP contribution in [0.5, 0.6) is 0 Å². The number of nitrogens with one attached hydrogen (secondary N) is 3. The summed E-state index contributed by atoms with van der Waals surface area (Å²) in [7, 11) is 0. The summed E-state index contributed by atoms with van der Waals surface area (Å²) in [6, 6.07) is 7.24. The van der Waals surface area contributed by atoms with E-state index >= 15 is 0 Å². The first-order valence-corrected chi connectivity index (χ1v) is 7.73. The van der Waals surface area contributed by atoms with Gasteiger partial charge in [0, 0.05) is 18.7 Å². The molecule has 7 nitrogen and oxygen atoms in total. The maximum atomic E-state index is 12.3. The fourth-order valence-corrected chi connectivity index (χ4v) is 2.73. The molecule has 0 spiro atoms. The maximum Gasteiger partial charge on any atom is 0.323 e. The first-order chi connectivity index (χ1) is 11.2. The number of benzene rings is 1. The van der Waals surface area contributed by atoms with Crippen LogP contribution in [0.4, 0.5) is 0 Å². The molecule has 23 heavy (non-hydrogen) atoms. The Morgan fingerprint density at radius 1 is 1.30 bits per heavy atom. The van der Waals surface area contributed by atoms with Crippen molar-refractivity contribution in [1.82, 2.24) is 25.1 Å². The summed E-state index contributed by atoms with van der Waals surface area (Å²) in [6.07, 6.45) is 4.41. The largest absolute Gasteiger partial charge is 0.350 e. The highest BCUT2D eigenvalue weighted by atomic mass is 16.2. The summed E-state index contributed by atoms with van der Waals surface area (Å²) in [6.45, 7) is 1.10. The molecule has 2 heterocycles. The molecule has 1 aromatic carbocycles. The van der Waals surface area contributed by atoms with Crippen molar-refractivity contribution in [3.63, 3.8) is 0 Å². The fraction of sp³-hybridized carbons (Fsp3) is 0.312. The second-order valence-corrected chi connectivity index (χ2v) is 5.84. The van der Waals surface area contributed by atoms with E-state index in [0.717, 1.165) is 5.69 Å². The smallest absolute Gasteiger partial charge is 0.323 e. The summed E-state index contributed by atoms with van der Waals surface area (Å²) >= 11 is 0. The van der Waals surface area contributed by atoms with Gasteiger partial charge in [-0.15, -0.1) is 0 Å². The van der Waals surface area contributed by atoms with Crippen LogP contribution in [0.25, 0.3) is 11.0 Å². The maximum absolute atomic E-state index is 12.3. The summed E-state index contributed by atoms with van der Waals surface area (Å²) < 4.78 is 1.85. The Hall–Kier alpha value is -2.83. The minimum atomic E-state index is -0.315. The van der Waals surface area contributed by atoms with Gasteiger partial charge in [0.25, 0.3) is 5.91 Å². The number of hydrogen-bond donors (Lipinski definition) is 3. The van der Waals surface area contributed by atoms with E-state index in [1.165, 1.54) is 12.8 Å². The molecule has 7 heteroatoms. The number of nitrogens with zero attached hydrogens (tertiary/aromatic N) is 2. The zero-order valence-corrected chi connectivity index (χ0v) is 12.5. The molecular weight excluding hydrogens is 294 g/mol. The van der Waals surface area contributed by atoms with Gasteiger partial charge in [-0.2, -0.15) is 5.10 Å². The number of fused-ring (bicyclic) bond motifs is 1. The Balaban J connectivity index is 1.41. The van der Waals surface area contributed by atoms with Gasteiger partial charge < -0.3 is 15.3 Å². The molecule has 0 atom stereocenters. The second-order valence-electron chi connectivity index (χ2n) is 5.84. The third-order valence-corrected chi connectivity index (χ3v) is 4.08. The number of aromatic amines is 2. The van der Waals surface area contributed by atoms with Gasteiger partial charge in [-0.1, -0.05) is 6.07 Å². The third-order valence-electron chi connectivity index (χ3n) is 4.08. The number of hydrogen-bond acceptors (Lipinski definition) is 3. The van der Waals surface area contributed by atoms with Crippen LogP contribution in [0.15, 0.2) is 35.3 Å². The molecular formula is C16H17N5O2. The molecule has 118 valence electrons. The number of amides is 1. The van der Waals surface area contributed by atoms with Crippen LogP contribution in [-0.4, -0.2) is 32.2 Å². The van der Waals surface area contributed by atoms with Crippen molar-refractivity contribution < 1.29 is 4.79 Å². The highest BCUT2D eigenvalue weighted by Crippen LogP contribution is 2.38. The standard InChI is InChI=1S/C16H17N5O2/c22-15(11-2-1-3-13-14(11)19-16(23)18-13)17-7-9-21-8-6-12(20-21)10-4-5-10/h1-3,6,8,10H,4-5,7,9H2,(H,17,22)(H2,18,19,23). The van der Waals surface area contributed by atoms with E-state index in [4.69, 9.17) is 0 Å². The normalized spacial score (nSPS) is 14.3. The van der Waals surface area contributed by atoms with E-state index in [-0.39, 0.29) is 11.6 Å². The van der Waals surface area contributed by atoms with Gasteiger partial charge >= 0.3 is 5.69 Å². The minimum absolute atomic E-state index is 0.208. The Labute approximate surface area is 131 Å². The highest BCUT2D eigenvalue weighted by molar-refractivity contribution is 6.04. The second kappa shape index (κ2) is 5.42. The third kappa shape index (κ3) is 2.77. The summed E-state index contributed by atoms with van der Waals surface area (Å²) in [5, 5.41) is 7.38. The lowest BCUT2D eigenvalue weighted by atomic mass is 10.1. The van der Waals surface area contributed by atoms with Gasteiger partial charge in [-0.3, -0.25) is 9.48 Å². The van der Waals surface area contributed by atoms with Crippen LogP contribution in [0.1, 0.15) is 34.8 Å². The molecule has 2 aromatic heterocycles. The Bertz CT molecular complexity index is 916. The molecule has 1 fully saturated rings. The van der Waals surface area contributed by atoms with Crippen LogP contribution in [-0.2, 0) is 6.54 Å². The molecule has 1 aliphatic rings. The number of carbonyl (C=O) groups excluding carboxylic acids is 1. The van der Waals surface area contributed by atoms with E-state index < -0.39 is 0 Å². The number of H-pyrrole nitrogens is 2. The van der Waals surface area contributed by atoms with E-state index in [1.807, 2.05) is 16.9 Å². The lowest BCUT2D eigenvalue weighted by Gasteiger charge is -2.06. The van der Waals surface area contributed by atoms with Crippen molar-refractivity contribution in [3.05, 3.63) is 52.2 Å². The van der Waals surface area contributed by atoms with E-state index in [0.29, 0.717) is 35.6 Å². The first-order valence-electron chi connectivity index (χ1n) is 7.73. The van der Waals surface area contributed by atoms with Crippen LogP contribution in [0.3, 0.4) is 0 Å². The molecule has 1 amide bonds. The SMILES string of the molecule is O=C(NCCn1ccc(C2CC2)n1)c1cccc2[nH]c(=O)[nH]c12. The molecule has 0 aliphatic heterocycles. The predicted molar refractivity (Wildman–Crippen MR) is 85.5 cm³/mol. The Kier molecular flexibility index (Phi) is 3.25. The molecule has 4 rings (SSSR count). The first kappa shape index (κ1) is 13.8. The molecule has 3 aromatic rings. The van der Waals surface area contributed by atoms with Gasteiger partial charge in [0.2, 0.25) is 0 Å². The number of para-hydroxylation sites is 1. The lowest BCUT2D eigenvalue weighted by molar-refractivity contribution is 0.0953. The zero-order valence-electron chi connectivity index (χ0n) is 12.5. The average Bonchev–Trinajstić information content (AvgIpc) is 3.15. The minimum Gasteiger partial charge on any atom is -0.350 e. The van der Waals surface area contributed by atoms with Gasteiger partial charge in [0.15, 0.2) is 0 Å². The number of imidazole rings is 1. The molecule has 3 N–H and O–H groups in total. The van der Waals surface area contributed by atoms with Crippen molar-refractivity contribution in [1.29, 1.82) is 0 Å². The summed E-state index contributed by atoms with van der Waals surface area (Å²) in [5.41, 5.74) is 2.45. The van der Waals surface area contributed by atoms with Gasteiger partial charge in [-0.25, -0.2) is 4.79 Å². The van der Waals surface area contributed by atoms with E-state index in [2.05, 4.69) is 20.4 Å². The lowest BCUT2D eigenvalue weighted by Crippen LogP contribution is -2.27. The van der Waals surface area contributed by atoms with Gasteiger partial charge in [0.05, 0.1) is 28.8 Å². The van der Waals surface area contributed by atoms with Crippen LogP contribution in [0.2, 0.25) is 0 Å². The summed E-state index contributed by atoms with van der Waals surface area (Å²) in [4.78, 5) is 29.0. The Morgan fingerprint density at radius 2 is 2.17 bits per heavy atom. The predicted octanol–water partition coefficient (Wildman–Crippen LogP) is 1.36. The van der Waals surface area contributed by atoms with Gasteiger partial charge in [-0.05, 0) is 31.0 Å². The van der Waals surface area contributed by atoms with E-state index in [9.17, 15) is 9.59 Å². The topological polar surface area (TPSA) is 95.6 Å². The van der Waals surface area contributed by atoms with Crippen LogP contribution < -0.4 is 11.0 Å². The molecule has 0 radical (unpaired) electrons. The van der Waals surface area contributed by atoms with Gasteiger partial charge in [0.1, 0.15) is 0 Å². The van der Waals surface area contributed by atoms with Crippen molar-refractivity contribution in [2.45, 2.75) is 25.3 Å². The van der Waals surface area contributed by atoms with Crippen molar-refractivity contribution in [2.24, 2.45) is 0 Å². The molecule has 0 unspecified atom stereocenters. The number of rotatable bonds is 5. The molecule has 0 bridgehead atoms. The van der Waals surface area contributed by atoms with Crippen molar-refractivity contribution in [2.75, 3.05) is 6.54 Å². The van der Waals surface area contributed by atoms with Crippen molar-refractivity contribution in [3.8, 4) is 0 Å². The number of aromatic nitrogens is 4. The molecule has 1 aliphatic carbocycles. The van der Waals surface area contributed by atoms with Crippen LogP contribution in [0, 0.1) is 0 Å². The zero-order chi connectivity index (χ0) is 15.8. The van der Waals surface area contributed by atoms with Crippen LogP contribution >= 0.6 is 0 Å². The highest BCUT2D eigenvalue weighted by Gasteiger charge is 2.25. The summed E-state index contributed by atoms with van der Waals surface area (Å²) in [5.74, 6) is 0.425. The quantitative estimate of drug-likeness (QED) is 0.664. The van der Waals surface area contributed by atoms with E-state index in [1.54, 1.807) is 18.2 Å². The molecule has 0 saturated heterocycles. The Morgan fingerprint density at radius 3 is 3.00 bits per heavy atom. The molecule has 1 saturated carbocycles. The average molecular weight is 311 g/mol. The van der Waals surface area contributed by atoms with Crippen molar-refractivity contribution >= 4 is 16.9 Å².